The molecule has 0 saturated carbocycles. The minimum atomic E-state index is 0.551. The van der Waals surface area contributed by atoms with E-state index in [0.29, 0.717) is 19.1 Å². The van der Waals surface area contributed by atoms with Crippen molar-refractivity contribution in [3.63, 3.8) is 0 Å². The van der Waals surface area contributed by atoms with Gasteiger partial charge >= 0.3 is 0 Å². The molecule has 0 N–H and O–H groups in total. The smallest absolute Gasteiger partial charge is 0.122 e. The number of para-hydroxylation sites is 1. The third-order valence-electron chi connectivity index (χ3n) is 2.91. The van der Waals surface area contributed by atoms with Gasteiger partial charge in [-0.3, -0.25) is 0 Å². The van der Waals surface area contributed by atoms with Gasteiger partial charge in [-0.15, -0.1) is 0 Å². The van der Waals surface area contributed by atoms with E-state index in [4.69, 9.17) is 9.47 Å². The lowest BCUT2D eigenvalue weighted by atomic mass is 10.0. The lowest BCUT2D eigenvalue weighted by molar-refractivity contribution is 0.217. The fraction of sp³-hybridized carbons (Fsp3) is 0.294. The van der Waals surface area contributed by atoms with Crippen LogP contribution in [-0.4, -0.2) is 13.2 Å². The fourth-order valence-electron chi connectivity index (χ4n) is 1.78. The van der Waals surface area contributed by atoms with Gasteiger partial charge in [-0.2, -0.15) is 0 Å². The molecule has 0 heterocycles. The molecule has 0 aliphatic heterocycles. The van der Waals surface area contributed by atoms with E-state index in [0.717, 1.165) is 11.5 Å². The molecule has 0 bridgehead atoms. The van der Waals surface area contributed by atoms with Crippen LogP contribution in [0.3, 0.4) is 0 Å². The monoisotopic (exact) mass is 256 g/mol. The standard InChI is InChI=1S/C17H20O2/c1-14(2)15-8-10-17(11-9-15)19-13-12-18-16-6-4-3-5-7-16/h3-11,14H,12-13H2,1-2H3. The Morgan fingerprint density at radius 3 is 1.79 bits per heavy atom. The molecule has 0 amide bonds. The minimum absolute atomic E-state index is 0.551. The Labute approximate surface area is 115 Å². The van der Waals surface area contributed by atoms with Crippen molar-refractivity contribution in [3.8, 4) is 11.5 Å². The first kappa shape index (κ1) is 13.5. The molecular weight excluding hydrogens is 236 g/mol. The summed E-state index contributed by atoms with van der Waals surface area (Å²) in [6, 6.07) is 18.0. The largest absolute Gasteiger partial charge is 0.490 e. The maximum Gasteiger partial charge on any atom is 0.122 e. The molecule has 2 rings (SSSR count). The highest BCUT2D eigenvalue weighted by atomic mass is 16.5. The third-order valence-corrected chi connectivity index (χ3v) is 2.91. The van der Waals surface area contributed by atoms with E-state index >= 15 is 0 Å². The van der Waals surface area contributed by atoms with Crippen LogP contribution in [0.2, 0.25) is 0 Å². The van der Waals surface area contributed by atoms with Gasteiger partial charge in [0.05, 0.1) is 0 Å². The van der Waals surface area contributed by atoms with Gasteiger partial charge in [0.1, 0.15) is 24.7 Å². The molecule has 0 spiro atoms. The van der Waals surface area contributed by atoms with Crippen LogP contribution in [0.25, 0.3) is 0 Å². The first-order valence-corrected chi connectivity index (χ1v) is 6.66. The van der Waals surface area contributed by atoms with Gasteiger partial charge in [0, 0.05) is 0 Å². The van der Waals surface area contributed by atoms with E-state index in [1.165, 1.54) is 5.56 Å². The van der Waals surface area contributed by atoms with Crippen molar-refractivity contribution in [1.29, 1.82) is 0 Å². The van der Waals surface area contributed by atoms with E-state index in [2.05, 4.69) is 26.0 Å². The molecule has 0 aliphatic rings. The van der Waals surface area contributed by atoms with Crippen LogP contribution in [0.5, 0.6) is 11.5 Å². The maximum atomic E-state index is 5.64. The number of ether oxygens (including phenoxy) is 2. The molecule has 2 aromatic rings. The van der Waals surface area contributed by atoms with Crippen molar-refractivity contribution >= 4 is 0 Å². The Morgan fingerprint density at radius 2 is 1.26 bits per heavy atom. The topological polar surface area (TPSA) is 18.5 Å². The highest BCUT2D eigenvalue weighted by Gasteiger charge is 1.99. The predicted octanol–water partition coefficient (Wildman–Crippen LogP) is 4.27. The van der Waals surface area contributed by atoms with Crippen LogP contribution in [0.1, 0.15) is 25.3 Å². The van der Waals surface area contributed by atoms with Gasteiger partial charge in [-0.25, -0.2) is 0 Å². The van der Waals surface area contributed by atoms with E-state index in [-0.39, 0.29) is 0 Å². The number of hydrogen-bond acceptors (Lipinski definition) is 2. The van der Waals surface area contributed by atoms with Gasteiger partial charge < -0.3 is 9.47 Å². The molecule has 0 unspecified atom stereocenters. The fourth-order valence-corrected chi connectivity index (χ4v) is 1.78. The highest BCUT2D eigenvalue weighted by Crippen LogP contribution is 2.18. The van der Waals surface area contributed by atoms with E-state index in [1.54, 1.807) is 0 Å². The summed E-state index contributed by atoms with van der Waals surface area (Å²) in [5.74, 6) is 2.32. The van der Waals surface area contributed by atoms with E-state index in [1.807, 2.05) is 42.5 Å². The van der Waals surface area contributed by atoms with E-state index < -0.39 is 0 Å². The maximum absolute atomic E-state index is 5.64. The summed E-state index contributed by atoms with van der Waals surface area (Å²) in [6.07, 6.45) is 0. The second kappa shape index (κ2) is 6.83. The summed E-state index contributed by atoms with van der Waals surface area (Å²) >= 11 is 0. The van der Waals surface area contributed by atoms with Gasteiger partial charge in [-0.05, 0) is 35.7 Å². The number of benzene rings is 2. The summed E-state index contributed by atoms with van der Waals surface area (Å²) in [4.78, 5) is 0. The average Bonchev–Trinajstić information content (AvgIpc) is 2.45. The molecule has 0 saturated heterocycles. The summed E-state index contributed by atoms with van der Waals surface area (Å²) in [7, 11) is 0. The molecule has 2 heteroatoms. The number of hydrogen-bond donors (Lipinski definition) is 0. The molecular formula is C17H20O2. The van der Waals surface area contributed by atoms with Crippen molar-refractivity contribution in [3.05, 3.63) is 60.2 Å². The van der Waals surface area contributed by atoms with Gasteiger partial charge in [0.2, 0.25) is 0 Å². The normalized spacial score (nSPS) is 10.5. The zero-order valence-electron chi connectivity index (χ0n) is 11.5. The molecule has 0 aromatic heterocycles. The Morgan fingerprint density at radius 1 is 0.737 bits per heavy atom. The van der Waals surface area contributed by atoms with Crippen LogP contribution < -0.4 is 9.47 Å². The minimum Gasteiger partial charge on any atom is -0.490 e. The van der Waals surface area contributed by atoms with Crippen molar-refractivity contribution in [2.45, 2.75) is 19.8 Å². The van der Waals surface area contributed by atoms with Gasteiger partial charge in [0.15, 0.2) is 0 Å². The van der Waals surface area contributed by atoms with Crippen LogP contribution in [-0.2, 0) is 0 Å². The quantitative estimate of drug-likeness (QED) is 0.719. The van der Waals surface area contributed by atoms with Crippen LogP contribution in [0.4, 0.5) is 0 Å². The zero-order valence-corrected chi connectivity index (χ0v) is 11.5. The Balaban J connectivity index is 1.74. The summed E-state index contributed by atoms with van der Waals surface area (Å²) in [6.45, 7) is 5.47. The zero-order chi connectivity index (χ0) is 13.5. The third kappa shape index (κ3) is 4.32. The molecule has 0 fully saturated rings. The molecule has 19 heavy (non-hydrogen) atoms. The molecule has 0 aliphatic carbocycles. The second-order valence-corrected chi connectivity index (χ2v) is 4.73. The van der Waals surface area contributed by atoms with Crippen LogP contribution in [0, 0.1) is 0 Å². The SMILES string of the molecule is CC(C)c1ccc(OCCOc2ccccc2)cc1. The average molecular weight is 256 g/mol. The van der Waals surface area contributed by atoms with Crippen molar-refractivity contribution < 1.29 is 9.47 Å². The van der Waals surface area contributed by atoms with Crippen molar-refractivity contribution in [2.75, 3.05) is 13.2 Å². The van der Waals surface area contributed by atoms with E-state index in [9.17, 15) is 0 Å². The number of rotatable bonds is 6. The summed E-state index contributed by atoms with van der Waals surface area (Å²) < 4.78 is 11.2. The summed E-state index contributed by atoms with van der Waals surface area (Å²) in [5.41, 5.74) is 1.33. The first-order chi connectivity index (χ1) is 9.25. The van der Waals surface area contributed by atoms with Crippen LogP contribution in [0.15, 0.2) is 54.6 Å². The lowest BCUT2D eigenvalue weighted by Gasteiger charge is -2.10. The molecule has 100 valence electrons. The first-order valence-electron chi connectivity index (χ1n) is 6.66. The molecule has 0 atom stereocenters. The molecule has 0 radical (unpaired) electrons. The summed E-state index contributed by atoms with van der Waals surface area (Å²) in [5, 5.41) is 0. The molecule has 2 nitrogen and oxygen atoms in total. The van der Waals surface area contributed by atoms with Crippen molar-refractivity contribution in [1.82, 2.24) is 0 Å². The van der Waals surface area contributed by atoms with Gasteiger partial charge in [0.25, 0.3) is 0 Å². The Kier molecular flexibility index (Phi) is 4.85. The lowest BCUT2D eigenvalue weighted by Crippen LogP contribution is -2.08. The second-order valence-electron chi connectivity index (χ2n) is 4.73. The Hall–Kier alpha value is -1.96. The van der Waals surface area contributed by atoms with Gasteiger partial charge in [-0.1, -0.05) is 44.2 Å². The van der Waals surface area contributed by atoms with Crippen molar-refractivity contribution in [2.24, 2.45) is 0 Å². The predicted molar refractivity (Wildman–Crippen MR) is 78.0 cm³/mol. The molecule has 2 aromatic carbocycles. The Bertz CT molecular complexity index is 474. The highest BCUT2D eigenvalue weighted by molar-refractivity contribution is 5.28. The van der Waals surface area contributed by atoms with Crippen LogP contribution >= 0.6 is 0 Å².